The average molecular weight is 239 g/mol. The van der Waals surface area contributed by atoms with E-state index < -0.39 is 0 Å². The standard InChI is InChI=1S/C13H13N5/c1-18(2)13-16-11(9-6-4-3-5-7-9)10(8-14)12(15)17-13/h3-7H,1-2H3,(H2,15,16,17). The first-order valence-electron chi connectivity index (χ1n) is 5.44. The lowest BCUT2D eigenvalue weighted by atomic mass is 10.1. The normalized spacial score (nSPS) is 9.83. The average Bonchev–Trinajstić information content (AvgIpc) is 2.38. The van der Waals surface area contributed by atoms with Crippen molar-refractivity contribution in [2.75, 3.05) is 24.7 Å². The van der Waals surface area contributed by atoms with Crippen LogP contribution in [-0.2, 0) is 0 Å². The highest BCUT2D eigenvalue weighted by atomic mass is 15.2. The van der Waals surface area contributed by atoms with Gasteiger partial charge in [0.1, 0.15) is 17.5 Å². The van der Waals surface area contributed by atoms with Gasteiger partial charge in [0.05, 0.1) is 5.69 Å². The maximum absolute atomic E-state index is 9.17. The number of nitrogens with two attached hydrogens (primary N) is 1. The molecular weight excluding hydrogens is 226 g/mol. The molecule has 0 spiro atoms. The Bertz CT molecular complexity index is 599. The Morgan fingerprint density at radius 3 is 2.39 bits per heavy atom. The molecule has 0 aliphatic carbocycles. The molecule has 0 bridgehead atoms. The van der Waals surface area contributed by atoms with Gasteiger partial charge in [-0.15, -0.1) is 0 Å². The number of hydrogen-bond donors (Lipinski definition) is 1. The summed E-state index contributed by atoms with van der Waals surface area (Å²) in [5.74, 6) is 0.695. The molecule has 1 aromatic carbocycles. The fourth-order valence-corrected chi connectivity index (χ4v) is 1.58. The summed E-state index contributed by atoms with van der Waals surface area (Å²) in [6.07, 6.45) is 0. The Labute approximate surface area is 106 Å². The summed E-state index contributed by atoms with van der Waals surface area (Å²) in [6, 6.07) is 11.5. The molecule has 0 amide bonds. The molecule has 0 unspecified atom stereocenters. The van der Waals surface area contributed by atoms with E-state index in [4.69, 9.17) is 11.0 Å². The van der Waals surface area contributed by atoms with Gasteiger partial charge in [0, 0.05) is 19.7 Å². The summed E-state index contributed by atoms with van der Waals surface area (Å²) in [4.78, 5) is 10.2. The van der Waals surface area contributed by atoms with Crippen molar-refractivity contribution in [2.24, 2.45) is 0 Å². The summed E-state index contributed by atoms with van der Waals surface area (Å²) < 4.78 is 0. The van der Waals surface area contributed by atoms with Crippen LogP contribution in [0.3, 0.4) is 0 Å². The summed E-state index contributed by atoms with van der Waals surface area (Å²) in [7, 11) is 3.66. The van der Waals surface area contributed by atoms with Crippen molar-refractivity contribution in [1.82, 2.24) is 9.97 Å². The third-order valence-electron chi connectivity index (χ3n) is 2.48. The van der Waals surface area contributed by atoms with Crippen LogP contribution in [0.15, 0.2) is 30.3 Å². The van der Waals surface area contributed by atoms with Gasteiger partial charge in [-0.3, -0.25) is 0 Å². The van der Waals surface area contributed by atoms with Crippen molar-refractivity contribution in [1.29, 1.82) is 5.26 Å². The molecule has 0 fully saturated rings. The molecular formula is C13H13N5. The third-order valence-corrected chi connectivity index (χ3v) is 2.48. The fraction of sp³-hybridized carbons (Fsp3) is 0.154. The molecule has 5 heteroatoms. The smallest absolute Gasteiger partial charge is 0.227 e. The van der Waals surface area contributed by atoms with Crippen LogP contribution in [0.4, 0.5) is 11.8 Å². The van der Waals surface area contributed by atoms with E-state index in [0.29, 0.717) is 17.2 Å². The molecule has 2 N–H and O–H groups in total. The molecule has 5 nitrogen and oxygen atoms in total. The lowest BCUT2D eigenvalue weighted by molar-refractivity contribution is 1.00. The van der Waals surface area contributed by atoms with E-state index in [1.165, 1.54) is 0 Å². The van der Waals surface area contributed by atoms with Crippen molar-refractivity contribution in [3.63, 3.8) is 0 Å². The number of nitrogens with zero attached hydrogens (tertiary/aromatic N) is 4. The highest BCUT2D eigenvalue weighted by Crippen LogP contribution is 2.26. The summed E-state index contributed by atoms with van der Waals surface area (Å²) >= 11 is 0. The van der Waals surface area contributed by atoms with Crippen LogP contribution in [-0.4, -0.2) is 24.1 Å². The van der Waals surface area contributed by atoms with Gasteiger partial charge in [-0.25, -0.2) is 4.98 Å². The lowest BCUT2D eigenvalue weighted by Gasteiger charge is -2.13. The van der Waals surface area contributed by atoms with Crippen molar-refractivity contribution >= 4 is 11.8 Å². The Kier molecular flexibility index (Phi) is 3.11. The minimum absolute atomic E-state index is 0.204. The SMILES string of the molecule is CN(C)c1nc(N)c(C#N)c(-c2ccccc2)n1. The number of nitrogen functional groups attached to an aromatic ring is 1. The Balaban J connectivity index is 2.69. The quantitative estimate of drug-likeness (QED) is 0.862. The molecule has 0 saturated heterocycles. The Hall–Kier alpha value is -2.61. The number of anilines is 2. The maximum atomic E-state index is 9.17. The zero-order chi connectivity index (χ0) is 13.1. The number of nitriles is 1. The predicted octanol–water partition coefficient (Wildman–Crippen LogP) is 1.66. The molecule has 1 heterocycles. The molecule has 2 rings (SSSR count). The minimum atomic E-state index is 0.204. The van der Waals surface area contributed by atoms with Crippen LogP contribution in [0.2, 0.25) is 0 Å². The van der Waals surface area contributed by atoms with Crippen molar-refractivity contribution in [2.45, 2.75) is 0 Å². The molecule has 18 heavy (non-hydrogen) atoms. The summed E-state index contributed by atoms with van der Waals surface area (Å²) in [5, 5.41) is 9.17. The topological polar surface area (TPSA) is 78.8 Å². The largest absolute Gasteiger partial charge is 0.382 e. The zero-order valence-corrected chi connectivity index (χ0v) is 10.3. The molecule has 90 valence electrons. The van der Waals surface area contributed by atoms with E-state index in [1.54, 1.807) is 4.90 Å². The van der Waals surface area contributed by atoms with Gasteiger partial charge >= 0.3 is 0 Å². The second kappa shape index (κ2) is 4.72. The van der Waals surface area contributed by atoms with Crippen molar-refractivity contribution < 1.29 is 0 Å². The van der Waals surface area contributed by atoms with Gasteiger partial charge in [-0.05, 0) is 0 Å². The van der Waals surface area contributed by atoms with Crippen molar-refractivity contribution in [3.8, 4) is 17.3 Å². The lowest BCUT2D eigenvalue weighted by Crippen LogP contribution is -2.15. The van der Waals surface area contributed by atoms with Gasteiger partial charge in [0.25, 0.3) is 0 Å². The molecule has 0 aliphatic heterocycles. The van der Waals surface area contributed by atoms with Gasteiger partial charge in [0.2, 0.25) is 5.95 Å². The Morgan fingerprint density at radius 1 is 1.17 bits per heavy atom. The van der Waals surface area contributed by atoms with Crippen LogP contribution in [0.5, 0.6) is 0 Å². The monoisotopic (exact) mass is 239 g/mol. The van der Waals surface area contributed by atoms with E-state index >= 15 is 0 Å². The van der Waals surface area contributed by atoms with E-state index in [2.05, 4.69) is 16.0 Å². The highest BCUT2D eigenvalue weighted by molar-refractivity contribution is 5.73. The number of benzene rings is 1. The third kappa shape index (κ3) is 2.09. The first kappa shape index (κ1) is 11.9. The van der Waals surface area contributed by atoms with E-state index in [1.807, 2.05) is 44.4 Å². The van der Waals surface area contributed by atoms with Crippen molar-refractivity contribution in [3.05, 3.63) is 35.9 Å². The minimum Gasteiger partial charge on any atom is -0.382 e. The molecule has 0 aliphatic rings. The van der Waals surface area contributed by atoms with Crippen LogP contribution in [0.25, 0.3) is 11.3 Å². The van der Waals surface area contributed by atoms with Crippen LogP contribution < -0.4 is 10.6 Å². The zero-order valence-electron chi connectivity index (χ0n) is 10.3. The molecule has 2 aromatic rings. The maximum Gasteiger partial charge on any atom is 0.227 e. The molecule has 1 aromatic heterocycles. The van der Waals surface area contributed by atoms with Gasteiger partial charge < -0.3 is 10.6 Å². The molecule has 0 saturated carbocycles. The second-order valence-corrected chi connectivity index (χ2v) is 4.00. The van der Waals surface area contributed by atoms with Crippen LogP contribution in [0, 0.1) is 11.3 Å². The first-order chi connectivity index (χ1) is 8.63. The predicted molar refractivity (Wildman–Crippen MR) is 70.9 cm³/mol. The van der Waals surface area contributed by atoms with Crippen LogP contribution >= 0.6 is 0 Å². The van der Waals surface area contributed by atoms with E-state index in [9.17, 15) is 0 Å². The fourth-order valence-electron chi connectivity index (χ4n) is 1.58. The summed E-state index contributed by atoms with van der Waals surface area (Å²) in [6.45, 7) is 0. The molecule has 0 atom stereocenters. The Morgan fingerprint density at radius 2 is 1.83 bits per heavy atom. The summed E-state index contributed by atoms with van der Waals surface area (Å²) in [5.41, 5.74) is 7.54. The second-order valence-electron chi connectivity index (χ2n) is 4.00. The number of aromatic nitrogens is 2. The van der Waals surface area contributed by atoms with E-state index in [-0.39, 0.29) is 5.82 Å². The number of hydrogen-bond acceptors (Lipinski definition) is 5. The van der Waals surface area contributed by atoms with Gasteiger partial charge in [-0.2, -0.15) is 10.2 Å². The van der Waals surface area contributed by atoms with Crippen LogP contribution in [0.1, 0.15) is 5.56 Å². The first-order valence-corrected chi connectivity index (χ1v) is 5.44. The van der Waals surface area contributed by atoms with Gasteiger partial charge in [-0.1, -0.05) is 30.3 Å². The van der Waals surface area contributed by atoms with E-state index in [0.717, 1.165) is 5.56 Å². The number of rotatable bonds is 2. The van der Waals surface area contributed by atoms with Gasteiger partial charge in [0.15, 0.2) is 0 Å². The molecule has 0 radical (unpaired) electrons. The highest BCUT2D eigenvalue weighted by Gasteiger charge is 2.14.